The minimum atomic E-state index is -0.125. The van der Waals surface area contributed by atoms with Crippen LogP contribution in [0.15, 0.2) is 0 Å². The molecule has 0 aromatic heterocycles. The van der Waals surface area contributed by atoms with Gasteiger partial charge in [-0.1, -0.05) is 26.7 Å². The Kier molecular flexibility index (Phi) is 40.6. The molecule has 90 valence electrons. The molecule has 0 heterocycles. The van der Waals surface area contributed by atoms with Crippen LogP contribution in [0, 0.1) is 0 Å². The summed E-state index contributed by atoms with van der Waals surface area (Å²) in [5.74, 6) is 0. The van der Waals surface area contributed by atoms with Gasteiger partial charge in [0, 0.05) is 13.2 Å². The smallest absolute Gasteiger partial charge is 0.0662 e. The largest absolute Gasteiger partial charge is 0.396 e. The second kappa shape index (κ2) is 29.3. The average Bonchev–Trinajstić information content (AvgIpc) is 2.28. The van der Waals surface area contributed by atoms with E-state index in [2.05, 4.69) is 0 Å². The van der Waals surface area contributed by atoms with Crippen LogP contribution in [0.2, 0.25) is 0 Å². The Morgan fingerprint density at radius 3 is 0.929 bits per heavy atom. The molecular weight excluding hydrogens is 184 g/mol. The number of rotatable bonds is 6. The fourth-order valence-corrected chi connectivity index (χ4v) is 0.577. The highest BCUT2D eigenvalue weighted by Crippen LogP contribution is 1.96. The van der Waals surface area contributed by atoms with E-state index in [4.69, 9.17) is 20.4 Å². The second-order valence-electron chi connectivity index (χ2n) is 2.31. The van der Waals surface area contributed by atoms with Gasteiger partial charge in [0.25, 0.3) is 0 Å². The van der Waals surface area contributed by atoms with Gasteiger partial charge >= 0.3 is 0 Å². The maximum atomic E-state index is 8.30. The molecule has 0 radical (unpaired) electrons. The van der Waals surface area contributed by atoms with Crippen molar-refractivity contribution >= 4 is 0 Å². The first-order valence-corrected chi connectivity index (χ1v) is 5.26. The monoisotopic (exact) mass is 210 g/mol. The van der Waals surface area contributed by atoms with Crippen LogP contribution in [0.1, 0.15) is 39.5 Å². The maximum Gasteiger partial charge on any atom is 0.0662 e. The Hall–Kier alpha value is -0.160. The molecule has 0 saturated heterocycles. The molecule has 0 amide bonds. The van der Waals surface area contributed by atoms with Gasteiger partial charge in [-0.3, -0.25) is 0 Å². The van der Waals surface area contributed by atoms with Crippen molar-refractivity contribution in [1.82, 2.24) is 0 Å². The Morgan fingerprint density at radius 2 is 0.786 bits per heavy atom. The third-order valence-electron chi connectivity index (χ3n) is 1.17. The molecule has 0 rings (SSSR count). The molecule has 0 aliphatic carbocycles. The van der Waals surface area contributed by atoms with Crippen LogP contribution in [0.3, 0.4) is 0 Å². The van der Waals surface area contributed by atoms with E-state index in [1.165, 1.54) is 0 Å². The van der Waals surface area contributed by atoms with Crippen molar-refractivity contribution in [3.8, 4) is 0 Å². The number of hydrogen-bond acceptors (Lipinski definition) is 4. The van der Waals surface area contributed by atoms with E-state index in [9.17, 15) is 0 Å². The van der Waals surface area contributed by atoms with Crippen molar-refractivity contribution in [2.45, 2.75) is 39.5 Å². The van der Waals surface area contributed by atoms with Crippen LogP contribution in [0.5, 0.6) is 0 Å². The van der Waals surface area contributed by atoms with Gasteiger partial charge < -0.3 is 20.4 Å². The van der Waals surface area contributed by atoms with Gasteiger partial charge in [0.05, 0.1) is 13.2 Å². The lowest BCUT2D eigenvalue weighted by Crippen LogP contribution is -1.85. The third-order valence-corrected chi connectivity index (χ3v) is 1.17. The lowest BCUT2D eigenvalue weighted by molar-refractivity contribution is 0.186. The van der Waals surface area contributed by atoms with Crippen molar-refractivity contribution in [2.75, 3.05) is 26.4 Å². The molecule has 0 bridgehead atoms. The number of unbranched alkanes of at least 4 members (excludes halogenated alkanes) is 3. The van der Waals surface area contributed by atoms with Gasteiger partial charge in [-0.15, -0.1) is 0 Å². The molecule has 0 atom stereocenters. The van der Waals surface area contributed by atoms with Gasteiger partial charge in [-0.2, -0.15) is 0 Å². The van der Waals surface area contributed by atoms with E-state index in [-0.39, 0.29) is 26.4 Å². The zero-order valence-electron chi connectivity index (χ0n) is 9.45. The van der Waals surface area contributed by atoms with E-state index in [1.807, 2.05) is 13.8 Å². The van der Waals surface area contributed by atoms with Crippen molar-refractivity contribution in [3.63, 3.8) is 0 Å². The summed E-state index contributed by atoms with van der Waals surface area (Å²) < 4.78 is 0. The molecular formula is C10H26O4. The minimum absolute atomic E-state index is 0.125. The van der Waals surface area contributed by atoms with Crippen LogP contribution in [-0.4, -0.2) is 46.9 Å². The SMILES string of the molecule is CC.OCCCCCCO.OCCO. The summed E-state index contributed by atoms with van der Waals surface area (Å²) in [5, 5.41) is 31.9. The van der Waals surface area contributed by atoms with E-state index in [0.29, 0.717) is 0 Å². The Labute approximate surface area is 87.2 Å². The zero-order valence-corrected chi connectivity index (χ0v) is 9.45. The summed E-state index contributed by atoms with van der Waals surface area (Å²) >= 11 is 0. The minimum Gasteiger partial charge on any atom is -0.396 e. The lowest BCUT2D eigenvalue weighted by atomic mass is 10.2. The zero-order chi connectivity index (χ0) is 11.7. The molecule has 4 heteroatoms. The number of aliphatic hydroxyl groups is 4. The fraction of sp³-hybridized carbons (Fsp3) is 1.00. The molecule has 0 fully saturated rings. The standard InChI is InChI=1S/C6H14O2.C2H6O2.C2H6/c7-5-3-1-2-4-6-8;3-1-2-4;1-2/h7-8H,1-6H2;3-4H,1-2H2;1-2H3. The molecule has 0 spiro atoms. The summed E-state index contributed by atoms with van der Waals surface area (Å²) in [5.41, 5.74) is 0. The maximum absolute atomic E-state index is 8.30. The predicted molar refractivity (Wildman–Crippen MR) is 58.2 cm³/mol. The molecule has 14 heavy (non-hydrogen) atoms. The molecule has 4 N–H and O–H groups in total. The Bertz CT molecular complexity index is 52.1. The molecule has 0 aliphatic rings. The van der Waals surface area contributed by atoms with E-state index in [0.717, 1.165) is 25.7 Å². The van der Waals surface area contributed by atoms with Crippen LogP contribution >= 0.6 is 0 Å². The quantitative estimate of drug-likeness (QED) is 0.482. The number of aliphatic hydroxyl groups excluding tert-OH is 4. The van der Waals surface area contributed by atoms with Crippen LogP contribution in [0.4, 0.5) is 0 Å². The van der Waals surface area contributed by atoms with Gasteiger partial charge in [0.1, 0.15) is 0 Å². The van der Waals surface area contributed by atoms with Crippen molar-refractivity contribution < 1.29 is 20.4 Å². The van der Waals surface area contributed by atoms with Gasteiger partial charge in [-0.25, -0.2) is 0 Å². The highest BCUT2D eigenvalue weighted by Gasteiger charge is 1.84. The van der Waals surface area contributed by atoms with E-state index in [1.54, 1.807) is 0 Å². The fourth-order valence-electron chi connectivity index (χ4n) is 0.577. The van der Waals surface area contributed by atoms with Crippen LogP contribution < -0.4 is 0 Å². The first-order valence-electron chi connectivity index (χ1n) is 5.26. The third kappa shape index (κ3) is 40.8. The molecule has 0 aromatic carbocycles. The molecule has 0 aromatic rings. The van der Waals surface area contributed by atoms with Crippen molar-refractivity contribution in [2.24, 2.45) is 0 Å². The molecule has 0 aliphatic heterocycles. The van der Waals surface area contributed by atoms with Crippen LogP contribution in [-0.2, 0) is 0 Å². The highest BCUT2D eigenvalue weighted by molar-refractivity contribution is 4.39. The molecule has 0 saturated carbocycles. The highest BCUT2D eigenvalue weighted by atomic mass is 16.3. The first-order chi connectivity index (χ1) is 6.83. The van der Waals surface area contributed by atoms with Gasteiger partial charge in [0.2, 0.25) is 0 Å². The summed E-state index contributed by atoms with van der Waals surface area (Å²) in [7, 11) is 0. The van der Waals surface area contributed by atoms with E-state index < -0.39 is 0 Å². The second-order valence-corrected chi connectivity index (χ2v) is 2.31. The van der Waals surface area contributed by atoms with E-state index >= 15 is 0 Å². The van der Waals surface area contributed by atoms with Gasteiger partial charge in [0.15, 0.2) is 0 Å². The normalized spacial score (nSPS) is 8.14. The Balaban J connectivity index is -0.000000170. The number of hydrogen-bond donors (Lipinski definition) is 4. The molecule has 4 nitrogen and oxygen atoms in total. The summed E-state index contributed by atoms with van der Waals surface area (Å²) in [6.07, 6.45) is 3.83. The predicted octanol–water partition coefficient (Wildman–Crippen LogP) is 0.529. The molecule has 0 unspecified atom stereocenters. The van der Waals surface area contributed by atoms with Crippen LogP contribution in [0.25, 0.3) is 0 Å². The Morgan fingerprint density at radius 1 is 0.500 bits per heavy atom. The lowest BCUT2D eigenvalue weighted by Gasteiger charge is -1.93. The summed E-state index contributed by atoms with van der Waals surface area (Å²) in [6.45, 7) is 4.32. The van der Waals surface area contributed by atoms with Crippen molar-refractivity contribution in [3.05, 3.63) is 0 Å². The van der Waals surface area contributed by atoms with Crippen molar-refractivity contribution in [1.29, 1.82) is 0 Å². The summed E-state index contributed by atoms with van der Waals surface area (Å²) in [4.78, 5) is 0. The first kappa shape index (κ1) is 19.4. The average molecular weight is 210 g/mol. The van der Waals surface area contributed by atoms with Gasteiger partial charge in [-0.05, 0) is 12.8 Å². The summed E-state index contributed by atoms with van der Waals surface area (Å²) in [6, 6.07) is 0. The topological polar surface area (TPSA) is 80.9 Å².